The second-order valence-corrected chi connectivity index (χ2v) is 7.67. The first-order valence-corrected chi connectivity index (χ1v) is 10.8. The van der Waals surface area contributed by atoms with Crippen LogP contribution < -0.4 is 20.1 Å². The summed E-state index contributed by atoms with van der Waals surface area (Å²) in [5.74, 6) is 1.35. The minimum atomic E-state index is -0.279. The molecule has 0 aliphatic rings. The van der Waals surface area contributed by atoms with Crippen LogP contribution in [0.25, 0.3) is 22.2 Å². The number of rotatable bonds is 7. The standard InChI is InChI=1S/C26H22N6O3/c1-34-20-12-19(13-21(14-20)35-2)29-25(33)24-11-17-10-18(5-6-22(17)31-24)30-26-28-9-7-23(32-26)16-4-3-8-27-15-16/h3-15,31H,1-2H3,(H,29,33)(H,28,30,32). The van der Waals surface area contributed by atoms with Gasteiger partial charge in [-0.1, -0.05) is 0 Å². The van der Waals surface area contributed by atoms with E-state index >= 15 is 0 Å². The highest BCUT2D eigenvalue weighted by atomic mass is 16.5. The van der Waals surface area contributed by atoms with Crippen LogP contribution in [0.2, 0.25) is 0 Å². The molecule has 0 saturated heterocycles. The number of nitrogens with zero attached hydrogens (tertiary/aromatic N) is 3. The molecule has 35 heavy (non-hydrogen) atoms. The molecule has 0 bridgehead atoms. The molecule has 0 fully saturated rings. The zero-order chi connectivity index (χ0) is 24.2. The van der Waals surface area contributed by atoms with Crippen LogP contribution in [0.1, 0.15) is 10.5 Å². The Morgan fingerprint density at radius 2 is 1.74 bits per heavy atom. The smallest absolute Gasteiger partial charge is 0.272 e. The lowest BCUT2D eigenvalue weighted by Gasteiger charge is -2.09. The van der Waals surface area contributed by atoms with E-state index in [0.29, 0.717) is 28.8 Å². The van der Waals surface area contributed by atoms with Gasteiger partial charge in [-0.15, -0.1) is 0 Å². The molecule has 3 aromatic heterocycles. The van der Waals surface area contributed by atoms with E-state index in [1.807, 2.05) is 36.4 Å². The van der Waals surface area contributed by atoms with Gasteiger partial charge in [0.1, 0.15) is 17.2 Å². The van der Waals surface area contributed by atoms with E-state index in [0.717, 1.165) is 27.8 Å². The van der Waals surface area contributed by atoms with Gasteiger partial charge in [0.25, 0.3) is 5.91 Å². The number of pyridine rings is 1. The predicted molar refractivity (Wildman–Crippen MR) is 134 cm³/mol. The van der Waals surface area contributed by atoms with Crippen molar-refractivity contribution in [2.45, 2.75) is 0 Å². The number of hydrogen-bond acceptors (Lipinski definition) is 7. The zero-order valence-corrected chi connectivity index (χ0v) is 19.1. The summed E-state index contributed by atoms with van der Waals surface area (Å²) in [6, 6.07) is 18.3. The third-order valence-electron chi connectivity index (χ3n) is 5.34. The van der Waals surface area contributed by atoms with Gasteiger partial charge in [-0.25, -0.2) is 9.97 Å². The molecule has 0 radical (unpaired) electrons. The van der Waals surface area contributed by atoms with Gasteiger partial charge >= 0.3 is 0 Å². The maximum Gasteiger partial charge on any atom is 0.272 e. The van der Waals surface area contributed by atoms with Crippen molar-refractivity contribution in [1.82, 2.24) is 19.9 Å². The number of carbonyl (C=O) groups excluding carboxylic acids is 1. The van der Waals surface area contributed by atoms with Crippen molar-refractivity contribution in [3.8, 4) is 22.8 Å². The van der Waals surface area contributed by atoms with Crippen molar-refractivity contribution in [3.05, 3.63) is 84.9 Å². The number of benzene rings is 2. The molecule has 1 amide bonds. The van der Waals surface area contributed by atoms with Crippen molar-refractivity contribution in [1.29, 1.82) is 0 Å². The molecule has 0 unspecified atom stereocenters. The zero-order valence-electron chi connectivity index (χ0n) is 19.1. The highest BCUT2D eigenvalue weighted by molar-refractivity contribution is 6.06. The Morgan fingerprint density at radius 1 is 0.914 bits per heavy atom. The number of ether oxygens (including phenoxy) is 2. The first-order valence-electron chi connectivity index (χ1n) is 10.8. The molecular weight excluding hydrogens is 444 g/mol. The maximum atomic E-state index is 12.9. The van der Waals surface area contributed by atoms with E-state index in [1.54, 1.807) is 57.1 Å². The normalized spacial score (nSPS) is 10.7. The lowest BCUT2D eigenvalue weighted by Crippen LogP contribution is -2.12. The highest BCUT2D eigenvalue weighted by Gasteiger charge is 2.12. The van der Waals surface area contributed by atoms with Crippen LogP contribution in [0.5, 0.6) is 11.5 Å². The molecule has 0 spiro atoms. The summed E-state index contributed by atoms with van der Waals surface area (Å²) in [5, 5.41) is 6.97. The second-order valence-electron chi connectivity index (χ2n) is 7.67. The van der Waals surface area contributed by atoms with Crippen molar-refractivity contribution < 1.29 is 14.3 Å². The van der Waals surface area contributed by atoms with Gasteiger partial charge in [-0.2, -0.15) is 0 Å². The largest absolute Gasteiger partial charge is 0.497 e. The van der Waals surface area contributed by atoms with Crippen LogP contribution in [0.15, 0.2) is 79.3 Å². The van der Waals surface area contributed by atoms with Gasteiger partial charge in [0.15, 0.2) is 0 Å². The Morgan fingerprint density at radius 3 is 2.49 bits per heavy atom. The number of aromatic amines is 1. The summed E-state index contributed by atoms with van der Waals surface area (Å²) in [7, 11) is 3.12. The van der Waals surface area contributed by atoms with Crippen LogP contribution in [0, 0.1) is 0 Å². The predicted octanol–water partition coefficient (Wildman–Crippen LogP) is 5.03. The molecular formula is C26H22N6O3. The van der Waals surface area contributed by atoms with Gasteiger partial charge in [0.2, 0.25) is 5.95 Å². The number of fused-ring (bicyclic) bond motifs is 1. The van der Waals surface area contributed by atoms with Crippen LogP contribution in [-0.2, 0) is 0 Å². The van der Waals surface area contributed by atoms with Crippen LogP contribution in [0.4, 0.5) is 17.3 Å². The Bertz CT molecular complexity index is 1480. The Balaban J connectivity index is 1.35. The van der Waals surface area contributed by atoms with Crippen molar-refractivity contribution >= 4 is 34.1 Å². The molecule has 3 N–H and O–H groups in total. The molecule has 0 aliphatic heterocycles. The van der Waals surface area contributed by atoms with Gasteiger partial charge in [-0.3, -0.25) is 9.78 Å². The number of H-pyrrole nitrogens is 1. The number of anilines is 3. The Kier molecular flexibility index (Phi) is 5.96. The average Bonchev–Trinajstić information content (AvgIpc) is 3.33. The van der Waals surface area contributed by atoms with E-state index in [9.17, 15) is 4.79 Å². The summed E-state index contributed by atoms with van der Waals surface area (Å²) < 4.78 is 10.5. The molecule has 3 heterocycles. The van der Waals surface area contributed by atoms with E-state index < -0.39 is 0 Å². The molecule has 0 saturated carbocycles. The fourth-order valence-corrected chi connectivity index (χ4v) is 3.63. The molecule has 174 valence electrons. The topological polar surface area (TPSA) is 114 Å². The third kappa shape index (κ3) is 4.88. The van der Waals surface area contributed by atoms with Gasteiger partial charge in [0, 0.05) is 64.6 Å². The monoisotopic (exact) mass is 466 g/mol. The van der Waals surface area contributed by atoms with E-state index in [-0.39, 0.29) is 5.91 Å². The molecule has 0 aliphatic carbocycles. The SMILES string of the molecule is COc1cc(NC(=O)c2cc3cc(Nc4nccc(-c5cccnc5)n4)ccc3[nH]2)cc(OC)c1. The fraction of sp³-hybridized carbons (Fsp3) is 0.0769. The molecule has 5 rings (SSSR count). The van der Waals surface area contributed by atoms with Crippen LogP contribution in [-0.4, -0.2) is 40.1 Å². The number of nitrogens with one attached hydrogen (secondary N) is 3. The second kappa shape index (κ2) is 9.52. The summed E-state index contributed by atoms with van der Waals surface area (Å²) in [6.45, 7) is 0. The first kappa shape index (κ1) is 21.9. The maximum absolute atomic E-state index is 12.9. The summed E-state index contributed by atoms with van der Waals surface area (Å²) in [5.41, 5.74) is 4.29. The molecule has 9 nitrogen and oxygen atoms in total. The third-order valence-corrected chi connectivity index (χ3v) is 5.34. The van der Waals surface area contributed by atoms with Crippen molar-refractivity contribution in [3.63, 3.8) is 0 Å². The van der Waals surface area contributed by atoms with Crippen molar-refractivity contribution in [2.75, 3.05) is 24.9 Å². The lowest BCUT2D eigenvalue weighted by atomic mass is 10.2. The average molecular weight is 467 g/mol. The molecule has 2 aromatic carbocycles. The molecule has 5 aromatic rings. The number of carbonyl (C=O) groups is 1. The van der Waals surface area contributed by atoms with E-state index in [2.05, 4.69) is 30.6 Å². The van der Waals surface area contributed by atoms with E-state index in [4.69, 9.17) is 9.47 Å². The number of amides is 1. The van der Waals surface area contributed by atoms with Crippen molar-refractivity contribution in [2.24, 2.45) is 0 Å². The summed E-state index contributed by atoms with van der Waals surface area (Å²) in [6.07, 6.45) is 5.17. The van der Waals surface area contributed by atoms with Gasteiger partial charge in [-0.05, 0) is 42.5 Å². The minimum absolute atomic E-state index is 0.279. The highest BCUT2D eigenvalue weighted by Crippen LogP contribution is 2.27. The minimum Gasteiger partial charge on any atom is -0.497 e. The lowest BCUT2D eigenvalue weighted by molar-refractivity contribution is 0.102. The van der Waals surface area contributed by atoms with Crippen LogP contribution >= 0.6 is 0 Å². The Labute approximate surface area is 201 Å². The number of methoxy groups -OCH3 is 2. The van der Waals surface area contributed by atoms with Crippen LogP contribution in [0.3, 0.4) is 0 Å². The first-order chi connectivity index (χ1) is 17.1. The number of hydrogen-bond donors (Lipinski definition) is 3. The molecule has 0 atom stereocenters. The fourth-order valence-electron chi connectivity index (χ4n) is 3.63. The quantitative estimate of drug-likeness (QED) is 0.308. The van der Waals surface area contributed by atoms with Gasteiger partial charge in [0.05, 0.1) is 19.9 Å². The summed E-state index contributed by atoms with van der Waals surface area (Å²) >= 11 is 0. The molecule has 9 heteroatoms. The Hall–Kier alpha value is -4.92. The summed E-state index contributed by atoms with van der Waals surface area (Å²) in [4.78, 5) is 29.0. The van der Waals surface area contributed by atoms with E-state index in [1.165, 1.54) is 0 Å². The number of aromatic nitrogens is 4. The van der Waals surface area contributed by atoms with Gasteiger partial charge < -0.3 is 25.1 Å².